The minimum Gasteiger partial charge on any atom is -0.349 e. The van der Waals surface area contributed by atoms with Gasteiger partial charge in [0.2, 0.25) is 0 Å². The third kappa shape index (κ3) is 3.31. The fraction of sp³-hybridized carbons (Fsp3) is 0.526. The van der Waals surface area contributed by atoms with Crippen LogP contribution in [0, 0.1) is 0 Å². The van der Waals surface area contributed by atoms with Gasteiger partial charge in [0.05, 0.1) is 11.4 Å². The van der Waals surface area contributed by atoms with Gasteiger partial charge in [-0.05, 0) is 50.9 Å². The molecule has 1 aliphatic carbocycles. The Hall–Kier alpha value is -2.21. The number of benzene rings is 1. The van der Waals surface area contributed by atoms with E-state index in [9.17, 15) is 4.79 Å². The van der Waals surface area contributed by atoms with Gasteiger partial charge in [0.1, 0.15) is 0 Å². The van der Waals surface area contributed by atoms with Gasteiger partial charge in [-0.15, -0.1) is 5.10 Å². The Labute approximate surface area is 148 Å². The summed E-state index contributed by atoms with van der Waals surface area (Å²) in [6, 6.07) is 10.4. The maximum absolute atomic E-state index is 12.7. The first kappa shape index (κ1) is 16.3. The van der Waals surface area contributed by atoms with Crippen LogP contribution < -0.4 is 5.32 Å². The van der Waals surface area contributed by atoms with Crippen LogP contribution in [0.1, 0.15) is 54.7 Å². The number of nitrogens with one attached hydrogen (secondary N) is 1. The topological polar surface area (TPSA) is 63.1 Å². The molecule has 1 aromatic carbocycles. The first-order valence-corrected chi connectivity index (χ1v) is 9.31. The Morgan fingerprint density at radius 1 is 1.24 bits per heavy atom. The quantitative estimate of drug-likeness (QED) is 0.877. The van der Waals surface area contributed by atoms with Crippen molar-refractivity contribution in [2.24, 2.45) is 0 Å². The van der Waals surface area contributed by atoms with Crippen molar-refractivity contribution in [3.8, 4) is 5.69 Å². The predicted molar refractivity (Wildman–Crippen MR) is 95.9 cm³/mol. The molecule has 6 heteroatoms. The number of aromatic nitrogens is 3. The van der Waals surface area contributed by atoms with E-state index in [1.54, 1.807) is 0 Å². The van der Waals surface area contributed by atoms with Crippen molar-refractivity contribution in [2.75, 3.05) is 19.6 Å². The summed E-state index contributed by atoms with van der Waals surface area (Å²) in [5.41, 5.74) is 2.42. The molecule has 1 aliphatic heterocycles. The van der Waals surface area contributed by atoms with Gasteiger partial charge in [0.15, 0.2) is 5.69 Å². The second kappa shape index (κ2) is 6.96. The molecule has 1 saturated heterocycles. The third-order valence-electron chi connectivity index (χ3n) is 5.29. The Morgan fingerprint density at radius 3 is 2.76 bits per heavy atom. The lowest BCUT2D eigenvalue weighted by atomic mass is 10.2. The lowest BCUT2D eigenvalue weighted by Gasteiger charge is -2.22. The van der Waals surface area contributed by atoms with Crippen LogP contribution in [-0.4, -0.2) is 51.5 Å². The van der Waals surface area contributed by atoms with Crippen molar-refractivity contribution in [3.05, 3.63) is 41.7 Å². The lowest BCUT2D eigenvalue weighted by Crippen LogP contribution is -2.40. The molecule has 4 rings (SSSR count). The number of amides is 1. The third-order valence-corrected chi connectivity index (χ3v) is 5.29. The summed E-state index contributed by atoms with van der Waals surface area (Å²) in [5.74, 6) is 0.307. The number of likely N-dealkylation sites (tertiary alicyclic amines) is 1. The molecular weight excluding hydrogens is 314 g/mol. The molecular formula is C19H25N5O. The molecule has 0 radical (unpaired) electrons. The Bertz CT molecular complexity index is 738. The highest BCUT2D eigenvalue weighted by Crippen LogP contribution is 2.41. The van der Waals surface area contributed by atoms with Gasteiger partial charge in [-0.2, -0.15) is 0 Å². The van der Waals surface area contributed by atoms with Crippen LogP contribution in [0.3, 0.4) is 0 Å². The molecule has 1 N–H and O–H groups in total. The van der Waals surface area contributed by atoms with E-state index >= 15 is 0 Å². The second-order valence-corrected chi connectivity index (χ2v) is 6.98. The molecule has 25 heavy (non-hydrogen) atoms. The van der Waals surface area contributed by atoms with E-state index in [1.165, 1.54) is 6.42 Å². The van der Waals surface area contributed by atoms with Crippen LogP contribution in [0.15, 0.2) is 30.3 Å². The standard InChI is InChI=1S/C19H25N5O/c1-2-23-12-6-9-16(23)13-20-19(25)17-18(14-10-11-14)24(22-21-17)15-7-4-3-5-8-15/h3-5,7-8,14,16H,2,6,9-13H2,1H3,(H,20,25)/t16-/m1/s1. The summed E-state index contributed by atoms with van der Waals surface area (Å²) >= 11 is 0. The zero-order chi connectivity index (χ0) is 17.2. The van der Waals surface area contributed by atoms with Crippen LogP contribution in [0.25, 0.3) is 5.69 Å². The second-order valence-electron chi connectivity index (χ2n) is 6.98. The van der Waals surface area contributed by atoms with Crippen molar-refractivity contribution < 1.29 is 4.79 Å². The number of carbonyl (C=O) groups is 1. The number of hydrogen-bond donors (Lipinski definition) is 1. The van der Waals surface area contributed by atoms with Crippen LogP contribution in [0.2, 0.25) is 0 Å². The highest BCUT2D eigenvalue weighted by molar-refractivity contribution is 5.93. The average Bonchev–Trinajstić information content (AvgIpc) is 3.22. The van der Waals surface area contributed by atoms with Gasteiger partial charge in [0.25, 0.3) is 5.91 Å². The van der Waals surface area contributed by atoms with Gasteiger partial charge in [-0.3, -0.25) is 9.69 Å². The van der Waals surface area contributed by atoms with Crippen molar-refractivity contribution in [3.63, 3.8) is 0 Å². The van der Waals surface area contributed by atoms with E-state index < -0.39 is 0 Å². The van der Waals surface area contributed by atoms with E-state index in [4.69, 9.17) is 0 Å². The molecule has 0 bridgehead atoms. The zero-order valence-corrected chi connectivity index (χ0v) is 14.7. The SMILES string of the molecule is CCN1CCC[C@@H]1CNC(=O)c1nnn(-c2ccccc2)c1C1CC1. The Balaban J connectivity index is 1.52. The number of carbonyl (C=O) groups excluding carboxylic acids is 1. The summed E-state index contributed by atoms with van der Waals surface area (Å²) in [5, 5.41) is 11.6. The first-order valence-electron chi connectivity index (χ1n) is 9.31. The highest BCUT2D eigenvalue weighted by Gasteiger charge is 2.34. The molecule has 0 unspecified atom stereocenters. The van der Waals surface area contributed by atoms with Crippen molar-refractivity contribution in [1.29, 1.82) is 0 Å². The number of rotatable bonds is 6. The largest absolute Gasteiger partial charge is 0.349 e. The Kier molecular flexibility index (Phi) is 4.53. The first-order chi connectivity index (χ1) is 12.3. The summed E-state index contributed by atoms with van der Waals surface area (Å²) in [6.07, 6.45) is 4.58. The fourth-order valence-corrected chi connectivity index (χ4v) is 3.77. The smallest absolute Gasteiger partial charge is 0.273 e. The molecule has 2 heterocycles. The van der Waals surface area contributed by atoms with Crippen LogP contribution in [-0.2, 0) is 0 Å². The molecule has 1 saturated carbocycles. The minimum atomic E-state index is -0.0907. The molecule has 2 aliphatic rings. The van der Waals surface area contributed by atoms with E-state index in [-0.39, 0.29) is 5.91 Å². The molecule has 132 valence electrons. The molecule has 1 aromatic heterocycles. The minimum absolute atomic E-state index is 0.0907. The zero-order valence-electron chi connectivity index (χ0n) is 14.7. The normalized spacial score (nSPS) is 20.8. The highest BCUT2D eigenvalue weighted by atomic mass is 16.2. The maximum Gasteiger partial charge on any atom is 0.273 e. The molecule has 6 nitrogen and oxygen atoms in total. The summed E-state index contributed by atoms with van der Waals surface area (Å²) in [6.45, 7) is 5.04. The van der Waals surface area contributed by atoms with Crippen LogP contribution in [0.4, 0.5) is 0 Å². The molecule has 2 fully saturated rings. The number of nitrogens with zero attached hydrogens (tertiary/aromatic N) is 4. The number of hydrogen-bond acceptors (Lipinski definition) is 4. The van der Waals surface area contributed by atoms with E-state index in [1.807, 2.05) is 35.0 Å². The van der Waals surface area contributed by atoms with Crippen LogP contribution in [0.5, 0.6) is 0 Å². The number of para-hydroxylation sites is 1. The van der Waals surface area contributed by atoms with Crippen molar-refractivity contribution >= 4 is 5.91 Å². The lowest BCUT2D eigenvalue weighted by molar-refractivity contribution is 0.0935. The van der Waals surface area contributed by atoms with Gasteiger partial charge >= 0.3 is 0 Å². The monoisotopic (exact) mass is 339 g/mol. The van der Waals surface area contributed by atoms with E-state index in [2.05, 4.69) is 27.5 Å². The van der Waals surface area contributed by atoms with Gasteiger partial charge < -0.3 is 5.32 Å². The maximum atomic E-state index is 12.7. The summed E-state index contributed by atoms with van der Waals surface area (Å²) < 4.78 is 1.83. The van der Waals surface area contributed by atoms with Crippen molar-refractivity contribution in [1.82, 2.24) is 25.2 Å². The van der Waals surface area contributed by atoms with Crippen molar-refractivity contribution in [2.45, 2.75) is 44.6 Å². The molecule has 1 amide bonds. The average molecular weight is 339 g/mol. The molecule has 1 atom stereocenters. The predicted octanol–water partition coefficient (Wildman–Crippen LogP) is 2.36. The van der Waals surface area contributed by atoms with Gasteiger partial charge in [-0.1, -0.05) is 30.3 Å². The fourth-order valence-electron chi connectivity index (χ4n) is 3.77. The van der Waals surface area contributed by atoms with Crippen LogP contribution >= 0.6 is 0 Å². The summed E-state index contributed by atoms with van der Waals surface area (Å²) in [7, 11) is 0. The molecule has 2 aromatic rings. The number of likely N-dealkylation sites (N-methyl/N-ethyl adjacent to an activating group) is 1. The Morgan fingerprint density at radius 2 is 2.04 bits per heavy atom. The van der Waals surface area contributed by atoms with Gasteiger partial charge in [0, 0.05) is 18.5 Å². The van der Waals surface area contributed by atoms with E-state index in [0.29, 0.717) is 24.2 Å². The van der Waals surface area contributed by atoms with Gasteiger partial charge in [-0.25, -0.2) is 4.68 Å². The molecule has 0 spiro atoms. The van der Waals surface area contributed by atoms with E-state index in [0.717, 1.165) is 43.7 Å². The summed E-state index contributed by atoms with van der Waals surface area (Å²) in [4.78, 5) is 15.2.